The zero-order valence-electron chi connectivity index (χ0n) is 30.7. The number of aliphatic carboxylic acids is 2. The maximum Gasteiger partial charge on any atom is 0.327 e. The van der Waals surface area contributed by atoms with E-state index in [0.29, 0.717) is 25.8 Å². The minimum absolute atomic E-state index is 0.00404. The third kappa shape index (κ3) is 17.5. The molecule has 6 atom stereocenters. The molecule has 25 heteroatoms. The third-order valence-corrected chi connectivity index (χ3v) is 8.61. The number of aliphatic hydroxyl groups is 1. The lowest BCUT2D eigenvalue weighted by Gasteiger charge is -2.30. The SMILES string of the molecule is NCCCC[C@H](NC(=O)[C@@H]1CCCN1C(=O)[C@H](CO)NC(=O)[C@H](CC(=O)O)NC(=O)CNC(=O)[C@H](CCCN=C(N)N)NC(=O)CN)C(=O)N[C@@H](CS)C(=O)O. The van der Waals surface area contributed by atoms with Crippen LogP contribution in [-0.2, 0) is 43.2 Å². The fourth-order valence-corrected chi connectivity index (χ4v) is 5.64. The number of thiol groups is 1. The van der Waals surface area contributed by atoms with Gasteiger partial charge in [-0.1, -0.05) is 0 Å². The van der Waals surface area contributed by atoms with Gasteiger partial charge in [0, 0.05) is 18.8 Å². The number of aliphatic hydroxyl groups excluding tert-OH is 1. The summed E-state index contributed by atoms with van der Waals surface area (Å²) in [5, 5.41) is 42.6. The number of nitrogens with two attached hydrogens (primary N) is 4. The van der Waals surface area contributed by atoms with Crippen molar-refractivity contribution in [1.29, 1.82) is 0 Å². The molecule has 0 aromatic rings. The number of carbonyl (C=O) groups excluding carboxylic acids is 7. The second kappa shape index (κ2) is 25.7. The van der Waals surface area contributed by atoms with Crippen molar-refractivity contribution in [3.05, 3.63) is 0 Å². The zero-order chi connectivity index (χ0) is 42.4. The fraction of sp³-hybridized carbons (Fsp3) is 0.677. The van der Waals surface area contributed by atoms with Gasteiger partial charge in [0.05, 0.1) is 26.1 Å². The van der Waals surface area contributed by atoms with Crippen LogP contribution in [0, 0.1) is 0 Å². The van der Waals surface area contributed by atoms with Gasteiger partial charge in [0.25, 0.3) is 0 Å². The summed E-state index contributed by atoms with van der Waals surface area (Å²) < 4.78 is 0. The number of aliphatic imine (C=N–C) groups is 1. The van der Waals surface area contributed by atoms with Crippen molar-refractivity contribution in [2.24, 2.45) is 27.9 Å². The van der Waals surface area contributed by atoms with Crippen LogP contribution in [0.25, 0.3) is 0 Å². The summed E-state index contributed by atoms with van der Waals surface area (Å²) in [7, 11) is 0. The van der Waals surface area contributed by atoms with E-state index in [1.165, 1.54) is 0 Å². The van der Waals surface area contributed by atoms with E-state index in [1.54, 1.807) is 0 Å². The average molecular weight is 819 g/mol. The number of hydrogen-bond donors (Lipinski definition) is 14. The number of carbonyl (C=O) groups is 9. The van der Waals surface area contributed by atoms with E-state index >= 15 is 0 Å². The Balaban J connectivity index is 3.01. The molecule has 0 aliphatic carbocycles. The van der Waals surface area contributed by atoms with Gasteiger partial charge in [0.1, 0.15) is 36.3 Å². The number of nitrogens with zero attached hydrogens (tertiary/aromatic N) is 2. The molecule has 0 unspecified atom stereocenters. The number of nitrogens with one attached hydrogen (secondary N) is 6. The normalized spacial score (nSPS) is 16.1. The van der Waals surface area contributed by atoms with Gasteiger partial charge in [-0.15, -0.1) is 0 Å². The van der Waals surface area contributed by atoms with E-state index in [0.717, 1.165) is 4.90 Å². The first-order valence-electron chi connectivity index (χ1n) is 17.7. The molecule has 1 fully saturated rings. The Morgan fingerprint density at radius 3 is 1.95 bits per heavy atom. The van der Waals surface area contributed by atoms with E-state index in [1.807, 2.05) is 0 Å². The molecule has 0 aromatic heterocycles. The summed E-state index contributed by atoms with van der Waals surface area (Å²) in [6.45, 7) is -1.77. The van der Waals surface area contributed by atoms with Gasteiger partial charge in [-0.2, -0.15) is 12.6 Å². The van der Waals surface area contributed by atoms with E-state index in [2.05, 4.69) is 49.5 Å². The highest BCUT2D eigenvalue weighted by Gasteiger charge is 2.40. The molecule has 316 valence electrons. The first-order chi connectivity index (χ1) is 26.5. The van der Waals surface area contributed by atoms with Crippen LogP contribution in [0.4, 0.5) is 0 Å². The summed E-state index contributed by atoms with van der Waals surface area (Å²) in [4.78, 5) is 118. The van der Waals surface area contributed by atoms with E-state index in [-0.39, 0.29) is 50.5 Å². The van der Waals surface area contributed by atoms with Crippen LogP contribution < -0.4 is 54.8 Å². The molecule has 0 spiro atoms. The second-order valence-corrected chi connectivity index (χ2v) is 12.9. The molecule has 1 saturated heterocycles. The number of unbranched alkanes of at least 4 members (excludes halogenated alkanes) is 1. The highest BCUT2D eigenvalue weighted by atomic mass is 32.1. The van der Waals surface area contributed by atoms with E-state index < -0.39 is 116 Å². The zero-order valence-corrected chi connectivity index (χ0v) is 31.6. The minimum atomic E-state index is -1.80. The molecular formula is C31H54N12O12S. The van der Waals surface area contributed by atoms with Gasteiger partial charge >= 0.3 is 11.9 Å². The van der Waals surface area contributed by atoms with Crippen molar-refractivity contribution >= 4 is 71.9 Å². The first-order valence-corrected chi connectivity index (χ1v) is 18.3. The lowest BCUT2D eigenvalue weighted by molar-refractivity contribution is -0.144. The number of guanidine groups is 1. The summed E-state index contributed by atoms with van der Waals surface area (Å²) in [6.07, 6.45) is 0.755. The molecule has 0 radical (unpaired) electrons. The predicted octanol–water partition coefficient (Wildman–Crippen LogP) is -6.86. The molecule has 1 heterocycles. The van der Waals surface area contributed by atoms with Gasteiger partial charge in [-0.3, -0.25) is 43.3 Å². The van der Waals surface area contributed by atoms with Crippen molar-refractivity contribution in [3.8, 4) is 0 Å². The van der Waals surface area contributed by atoms with Crippen LogP contribution in [0.3, 0.4) is 0 Å². The second-order valence-electron chi connectivity index (χ2n) is 12.6. The number of likely N-dealkylation sites (tertiary alicyclic amines) is 1. The molecule has 0 aromatic carbocycles. The Labute approximate surface area is 327 Å². The van der Waals surface area contributed by atoms with Gasteiger partial charge in [-0.25, -0.2) is 4.79 Å². The van der Waals surface area contributed by atoms with Gasteiger partial charge in [-0.05, 0) is 51.5 Å². The molecule has 17 N–H and O–H groups in total. The Bertz CT molecular complexity index is 1430. The maximum atomic E-state index is 13.5. The average Bonchev–Trinajstić information content (AvgIpc) is 3.65. The maximum absolute atomic E-state index is 13.5. The van der Waals surface area contributed by atoms with Crippen LogP contribution in [0.5, 0.6) is 0 Å². The number of carboxylic acids is 2. The molecule has 1 aliphatic rings. The Morgan fingerprint density at radius 2 is 1.38 bits per heavy atom. The highest BCUT2D eigenvalue weighted by molar-refractivity contribution is 7.80. The molecule has 1 rings (SSSR count). The number of amides is 7. The molecule has 0 saturated carbocycles. The van der Waals surface area contributed by atoms with Crippen molar-refractivity contribution in [2.75, 3.05) is 45.1 Å². The van der Waals surface area contributed by atoms with Crippen molar-refractivity contribution in [3.63, 3.8) is 0 Å². The highest BCUT2D eigenvalue weighted by Crippen LogP contribution is 2.19. The minimum Gasteiger partial charge on any atom is -0.481 e. The van der Waals surface area contributed by atoms with E-state index in [4.69, 9.17) is 22.9 Å². The number of rotatable bonds is 26. The lowest BCUT2D eigenvalue weighted by Crippen LogP contribution is -2.59. The molecule has 56 heavy (non-hydrogen) atoms. The van der Waals surface area contributed by atoms with Gasteiger partial charge < -0.3 is 75.1 Å². The summed E-state index contributed by atoms with van der Waals surface area (Å²) in [5.74, 6) is -9.47. The lowest BCUT2D eigenvalue weighted by atomic mass is 10.1. The fourth-order valence-electron chi connectivity index (χ4n) is 5.39. The van der Waals surface area contributed by atoms with Crippen molar-refractivity contribution in [1.82, 2.24) is 36.8 Å². The first kappa shape index (κ1) is 48.7. The number of hydrogen-bond acceptors (Lipinski definition) is 14. The molecule has 24 nitrogen and oxygen atoms in total. The Kier molecular flexibility index (Phi) is 22.4. The Morgan fingerprint density at radius 1 is 0.768 bits per heavy atom. The monoisotopic (exact) mass is 818 g/mol. The summed E-state index contributed by atoms with van der Waals surface area (Å²) in [6, 6.07) is -8.36. The van der Waals surface area contributed by atoms with Crippen LogP contribution in [-0.4, -0.2) is 161 Å². The topological polar surface area (TPSA) is 406 Å². The molecular weight excluding hydrogens is 764 g/mol. The van der Waals surface area contributed by atoms with Crippen LogP contribution >= 0.6 is 12.6 Å². The quantitative estimate of drug-likeness (QED) is 0.0167. The van der Waals surface area contributed by atoms with Crippen LogP contribution in [0.15, 0.2) is 4.99 Å². The van der Waals surface area contributed by atoms with Crippen LogP contribution in [0.2, 0.25) is 0 Å². The molecule has 0 bridgehead atoms. The molecule has 7 amide bonds. The Hall–Kier alpha value is -5.27. The van der Waals surface area contributed by atoms with Crippen LogP contribution in [0.1, 0.15) is 51.4 Å². The summed E-state index contributed by atoms with van der Waals surface area (Å²) >= 11 is 3.93. The third-order valence-electron chi connectivity index (χ3n) is 8.25. The van der Waals surface area contributed by atoms with Crippen molar-refractivity contribution < 1.29 is 58.5 Å². The number of carboxylic acid groups (broad SMARTS) is 2. The smallest absolute Gasteiger partial charge is 0.327 e. The predicted molar refractivity (Wildman–Crippen MR) is 200 cm³/mol. The summed E-state index contributed by atoms with van der Waals surface area (Å²) in [5.41, 5.74) is 21.4. The molecule has 1 aliphatic heterocycles. The van der Waals surface area contributed by atoms with Gasteiger partial charge in [0.15, 0.2) is 5.96 Å². The van der Waals surface area contributed by atoms with Gasteiger partial charge in [0.2, 0.25) is 41.4 Å². The van der Waals surface area contributed by atoms with Crippen molar-refractivity contribution in [2.45, 2.75) is 87.6 Å². The van der Waals surface area contributed by atoms with E-state index in [9.17, 15) is 58.5 Å². The largest absolute Gasteiger partial charge is 0.481 e. The standard InChI is InChI=1S/C31H54N12O12S/c32-8-2-1-5-17(26(50)42-20(15-56)30(54)55)40-28(52)21-7-4-10-43(21)29(53)19(14-44)41-27(51)18(11-24(47)48)39-23(46)13-37-25(49)16(38-22(45)12-33)6-3-9-36-31(34)35/h16-21,44,56H,1-15,32-33H2,(H,37,49)(H,38,45)(H,39,46)(H,40,52)(H,41,51)(H,42,50)(H,47,48)(H,54,55)(H4,34,35,36)/t16-,17-,18-,19-,20-,21-/m0/s1.